The summed E-state index contributed by atoms with van der Waals surface area (Å²) in [6.45, 7) is 3.70. The van der Waals surface area contributed by atoms with Crippen LogP contribution in [0.2, 0.25) is 0 Å². The van der Waals surface area contributed by atoms with Crippen molar-refractivity contribution in [2.75, 3.05) is 0 Å². The Balaban J connectivity index is 2.47. The second kappa shape index (κ2) is 4.91. The Hall–Kier alpha value is -2.04. The molecule has 100 valence electrons. The van der Waals surface area contributed by atoms with Gasteiger partial charge in [0, 0.05) is 11.3 Å². The first-order valence-corrected chi connectivity index (χ1v) is 5.66. The summed E-state index contributed by atoms with van der Waals surface area (Å²) in [5.41, 5.74) is 2.54. The smallest absolute Gasteiger partial charge is 0.405 e. The standard InChI is InChI=1S/C14H12F3NO/c1-9-7-8-12(18-10(9)2)11-5-3-4-6-13(11)19-14(15,16)17/h3-8H,1-2H3. The third-order valence-electron chi connectivity index (χ3n) is 2.74. The fraction of sp³-hybridized carbons (Fsp3) is 0.214. The molecule has 0 fully saturated rings. The lowest BCUT2D eigenvalue weighted by molar-refractivity contribution is -0.274. The summed E-state index contributed by atoms with van der Waals surface area (Å²) in [4.78, 5) is 4.29. The molecule has 1 heterocycles. The van der Waals surface area contributed by atoms with Gasteiger partial charge in [-0.25, -0.2) is 0 Å². The van der Waals surface area contributed by atoms with Crippen LogP contribution in [0.5, 0.6) is 5.75 Å². The number of para-hydroxylation sites is 1. The fourth-order valence-corrected chi connectivity index (χ4v) is 1.67. The molecule has 0 atom stereocenters. The van der Waals surface area contributed by atoms with Gasteiger partial charge in [0.2, 0.25) is 0 Å². The highest BCUT2D eigenvalue weighted by Crippen LogP contribution is 2.32. The summed E-state index contributed by atoms with van der Waals surface area (Å²) in [5, 5.41) is 0. The molecular weight excluding hydrogens is 255 g/mol. The molecule has 2 rings (SSSR count). The van der Waals surface area contributed by atoms with Crippen LogP contribution in [0.25, 0.3) is 11.3 Å². The minimum Gasteiger partial charge on any atom is -0.405 e. The summed E-state index contributed by atoms with van der Waals surface area (Å²) in [6.07, 6.45) is -4.71. The van der Waals surface area contributed by atoms with Gasteiger partial charge in [-0.3, -0.25) is 4.98 Å². The Kier molecular flexibility index (Phi) is 3.46. The lowest BCUT2D eigenvalue weighted by Gasteiger charge is -2.13. The van der Waals surface area contributed by atoms with Crippen molar-refractivity contribution < 1.29 is 17.9 Å². The van der Waals surface area contributed by atoms with Gasteiger partial charge in [0.25, 0.3) is 0 Å². The summed E-state index contributed by atoms with van der Waals surface area (Å²) < 4.78 is 41.0. The van der Waals surface area contributed by atoms with E-state index in [1.54, 1.807) is 18.2 Å². The number of benzene rings is 1. The monoisotopic (exact) mass is 267 g/mol. The van der Waals surface area contributed by atoms with Crippen LogP contribution in [-0.2, 0) is 0 Å². The number of ether oxygens (including phenoxy) is 1. The highest BCUT2D eigenvalue weighted by atomic mass is 19.4. The lowest BCUT2D eigenvalue weighted by atomic mass is 10.1. The Bertz CT molecular complexity index is 593. The first-order chi connectivity index (χ1) is 8.87. The maximum Gasteiger partial charge on any atom is 0.573 e. The third-order valence-corrected chi connectivity index (χ3v) is 2.74. The van der Waals surface area contributed by atoms with Crippen molar-refractivity contribution >= 4 is 0 Å². The predicted molar refractivity (Wildman–Crippen MR) is 65.8 cm³/mol. The molecule has 0 saturated carbocycles. The molecule has 0 radical (unpaired) electrons. The fourth-order valence-electron chi connectivity index (χ4n) is 1.67. The number of aryl methyl sites for hydroxylation is 2. The maximum atomic E-state index is 12.3. The molecule has 2 aromatic rings. The average molecular weight is 267 g/mol. The molecule has 0 bridgehead atoms. The number of halogens is 3. The summed E-state index contributed by atoms with van der Waals surface area (Å²) in [6, 6.07) is 9.47. The summed E-state index contributed by atoms with van der Waals surface area (Å²) >= 11 is 0. The maximum absolute atomic E-state index is 12.3. The van der Waals surface area contributed by atoms with Crippen molar-refractivity contribution in [2.24, 2.45) is 0 Å². The normalized spacial score (nSPS) is 11.4. The predicted octanol–water partition coefficient (Wildman–Crippen LogP) is 4.26. The Morgan fingerprint density at radius 2 is 1.68 bits per heavy atom. The van der Waals surface area contributed by atoms with E-state index in [1.807, 2.05) is 19.9 Å². The number of hydrogen-bond acceptors (Lipinski definition) is 2. The van der Waals surface area contributed by atoms with E-state index in [0.717, 1.165) is 11.3 Å². The van der Waals surface area contributed by atoms with Crippen LogP contribution >= 0.6 is 0 Å². The van der Waals surface area contributed by atoms with E-state index in [-0.39, 0.29) is 5.75 Å². The third kappa shape index (κ3) is 3.24. The largest absolute Gasteiger partial charge is 0.573 e. The molecule has 19 heavy (non-hydrogen) atoms. The average Bonchev–Trinajstić information content (AvgIpc) is 2.31. The number of nitrogens with zero attached hydrogens (tertiary/aromatic N) is 1. The van der Waals surface area contributed by atoms with Crippen LogP contribution < -0.4 is 4.74 Å². The number of hydrogen-bond donors (Lipinski definition) is 0. The van der Waals surface area contributed by atoms with Gasteiger partial charge in [-0.15, -0.1) is 13.2 Å². The zero-order chi connectivity index (χ0) is 14.0. The molecule has 0 N–H and O–H groups in total. The van der Waals surface area contributed by atoms with E-state index >= 15 is 0 Å². The summed E-state index contributed by atoms with van der Waals surface area (Å²) in [5.74, 6) is -0.245. The quantitative estimate of drug-likeness (QED) is 0.810. The van der Waals surface area contributed by atoms with Crippen molar-refractivity contribution in [1.29, 1.82) is 0 Å². The van der Waals surface area contributed by atoms with Crippen LogP contribution in [0.15, 0.2) is 36.4 Å². The van der Waals surface area contributed by atoms with E-state index < -0.39 is 6.36 Å². The molecule has 0 aliphatic carbocycles. The molecule has 0 spiro atoms. The number of rotatable bonds is 2. The van der Waals surface area contributed by atoms with Crippen molar-refractivity contribution in [2.45, 2.75) is 20.2 Å². The van der Waals surface area contributed by atoms with Gasteiger partial charge in [-0.05, 0) is 37.6 Å². The van der Waals surface area contributed by atoms with Gasteiger partial charge in [-0.2, -0.15) is 0 Å². The van der Waals surface area contributed by atoms with Crippen LogP contribution in [0.4, 0.5) is 13.2 Å². The van der Waals surface area contributed by atoms with Gasteiger partial charge >= 0.3 is 6.36 Å². The van der Waals surface area contributed by atoms with Gasteiger partial charge in [0.1, 0.15) is 5.75 Å². The van der Waals surface area contributed by atoms with Crippen molar-refractivity contribution in [3.63, 3.8) is 0 Å². The molecular formula is C14H12F3NO. The first-order valence-electron chi connectivity index (χ1n) is 5.66. The van der Waals surface area contributed by atoms with Crippen LogP contribution in [0, 0.1) is 13.8 Å². The van der Waals surface area contributed by atoms with E-state index in [4.69, 9.17) is 0 Å². The molecule has 0 aliphatic heterocycles. The lowest BCUT2D eigenvalue weighted by Crippen LogP contribution is -2.17. The highest BCUT2D eigenvalue weighted by Gasteiger charge is 2.32. The van der Waals surface area contributed by atoms with Crippen LogP contribution in [0.3, 0.4) is 0 Å². The second-order valence-electron chi connectivity index (χ2n) is 4.14. The molecule has 1 aromatic carbocycles. The first kappa shape index (κ1) is 13.4. The molecule has 0 amide bonds. The van der Waals surface area contributed by atoms with E-state index in [9.17, 15) is 13.2 Å². The van der Waals surface area contributed by atoms with Crippen molar-refractivity contribution in [1.82, 2.24) is 4.98 Å². The Labute approximate surface area is 108 Å². The molecule has 0 unspecified atom stereocenters. The van der Waals surface area contributed by atoms with E-state index in [0.29, 0.717) is 11.3 Å². The number of pyridine rings is 1. The highest BCUT2D eigenvalue weighted by molar-refractivity contribution is 5.67. The zero-order valence-corrected chi connectivity index (χ0v) is 10.5. The summed E-state index contributed by atoms with van der Waals surface area (Å²) in [7, 11) is 0. The molecule has 0 saturated heterocycles. The van der Waals surface area contributed by atoms with Gasteiger partial charge in [-0.1, -0.05) is 18.2 Å². The SMILES string of the molecule is Cc1ccc(-c2ccccc2OC(F)(F)F)nc1C. The van der Waals surface area contributed by atoms with Gasteiger partial charge in [0.15, 0.2) is 0 Å². The van der Waals surface area contributed by atoms with Crippen LogP contribution in [0.1, 0.15) is 11.3 Å². The molecule has 5 heteroatoms. The van der Waals surface area contributed by atoms with Crippen LogP contribution in [-0.4, -0.2) is 11.3 Å². The second-order valence-corrected chi connectivity index (χ2v) is 4.14. The molecule has 0 aliphatic rings. The Morgan fingerprint density at radius 3 is 2.32 bits per heavy atom. The molecule has 2 nitrogen and oxygen atoms in total. The van der Waals surface area contributed by atoms with Gasteiger partial charge in [0.05, 0.1) is 5.69 Å². The number of alkyl halides is 3. The number of aromatic nitrogens is 1. The zero-order valence-electron chi connectivity index (χ0n) is 10.5. The van der Waals surface area contributed by atoms with Gasteiger partial charge < -0.3 is 4.74 Å². The molecule has 1 aromatic heterocycles. The van der Waals surface area contributed by atoms with Crippen molar-refractivity contribution in [3.8, 4) is 17.0 Å². The topological polar surface area (TPSA) is 22.1 Å². The Morgan fingerprint density at radius 1 is 1.00 bits per heavy atom. The van der Waals surface area contributed by atoms with E-state index in [1.165, 1.54) is 12.1 Å². The minimum absolute atomic E-state index is 0.245. The van der Waals surface area contributed by atoms with E-state index in [2.05, 4.69) is 9.72 Å². The van der Waals surface area contributed by atoms with Crippen molar-refractivity contribution in [3.05, 3.63) is 47.7 Å². The minimum atomic E-state index is -4.71.